The summed E-state index contributed by atoms with van der Waals surface area (Å²) in [5.41, 5.74) is 1.81. The molecule has 2 rings (SSSR count). The van der Waals surface area contributed by atoms with Crippen LogP contribution in [0.15, 0.2) is 48.5 Å². The number of carbonyl (C=O) groups excluding carboxylic acids is 2. The molecule has 23 heavy (non-hydrogen) atoms. The molecule has 2 aromatic rings. The fourth-order valence-electron chi connectivity index (χ4n) is 2.15. The van der Waals surface area contributed by atoms with Gasteiger partial charge >= 0.3 is 0 Å². The second-order valence-corrected chi connectivity index (χ2v) is 5.32. The maximum Gasteiger partial charge on any atom is 0.231 e. The fourth-order valence-corrected chi connectivity index (χ4v) is 2.15. The number of benzene rings is 2. The Labute approximate surface area is 135 Å². The van der Waals surface area contributed by atoms with Crippen molar-refractivity contribution in [2.24, 2.45) is 0 Å². The number of carbonyl (C=O) groups is 2. The van der Waals surface area contributed by atoms with Crippen LogP contribution in [0.4, 0.5) is 15.8 Å². The smallest absolute Gasteiger partial charge is 0.231 e. The maximum atomic E-state index is 13.6. The molecule has 2 amide bonds. The molecule has 0 saturated heterocycles. The van der Waals surface area contributed by atoms with E-state index in [9.17, 15) is 14.0 Å². The third-order valence-electron chi connectivity index (χ3n) is 3.77. The van der Waals surface area contributed by atoms with Crippen molar-refractivity contribution in [3.8, 4) is 0 Å². The first kappa shape index (κ1) is 16.7. The molecular weight excluding hydrogens is 295 g/mol. The van der Waals surface area contributed by atoms with Crippen LogP contribution in [0.1, 0.15) is 12.5 Å². The number of likely N-dealkylation sites (N-methyl/N-ethyl adjacent to an activating group) is 1. The highest BCUT2D eigenvalue weighted by molar-refractivity contribution is 5.95. The van der Waals surface area contributed by atoms with Crippen molar-refractivity contribution >= 4 is 23.2 Å². The fraction of sp³-hybridized carbons (Fsp3) is 0.222. The van der Waals surface area contributed by atoms with Gasteiger partial charge in [-0.05, 0) is 35.9 Å². The molecule has 5 heteroatoms. The van der Waals surface area contributed by atoms with Crippen molar-refractivity contribution in [2.45, 2.75) is 13.3 Å². The molecule has 0 unspecified atom stereocenters. The Morgan fingerprint density at radius 3 is 1.96 bits per heavy atom. The van der Waals surface area contributed by atoms with E-state index in [2.05, 4.69) is 0 Å². The quantitative estimate of drug-likeness (QED) is 0.870. The highest BCUT2D eigenvalue weighted by atomic mass is 19.1. The molecule has 0 fully saturated rings. The maximum absolute atomic E-state index is 13.6. The van der Waals surface area contributed by atoms with Crippen molar-refractivity contribution in [1.29, 1.82) is 0 Å². The second-order valence-electron chi connectivity index (χ2n) is 5.32. The van der Waals surface area contributed by atoms with Crippen molar-refractivity contribution in [2.75, 3.05) is 23.9 Å². The van der Waals surface area contributed by atoms with Crippen LogP contribution in [-0.4, -0.2) is 25.9 Å². The van der Waals surface area contributed by atoms with Crippen LogP contribution in [0.5, 0.6) is 0 Å². The lowest BCUT2D eigenvalue weighted by molar-refractivity contribution is -0.118. The van der Waals surface area contributed by atoms with Gasteiger partial charge in [-0.3, -0.25) is 9.59 Å². The van der Waals surface area contributed by atoms with E-state index in [0.29, 0.717) is 11.3 Å². The minimum atomic E-state index is -0.382. The lowest BCUT2D eigenvalue weighted by atomic mass is 10.1. The molecule has 120 valence electrons. The second kappa shape index (κ2) is 7.05. The minimum Gasteiger partial charge on any atom is -0.316 e. The van der Waals surface area contributed by atoms with Gasteiger partial charge in [0.25, 0.3) is 0 Å². The normalized spacial score (nSPS) is 10.3. The first-order valence-corrected chi connectivity index (χ1v) is 7.24. The number of halogens is 1. The van der Waals surface area contributed by atoms with Crippen molar-refractivity contribution in [1.82, 2.24) is 0 Å². The molecule has 0 bridgehead atoms. The van der Waals surface area contributed by atoms with E-state index < -0.39 is 0 Å². The van der Waals surface area contributed by atoms with E-state index >= 15 is 0 Å². The zero-order chi connectivity index (χ0) is 17.0. The van der Waals surface area contributed by atoms with Crippen molar-refractivity contribution in [3.05, 3.63) is 59.9 Å². The Kier molecular flexibility index (Phi) is 5.11. The molecule has 4 nitrogen and oxygen atoms in total. The highest BCUT2D eigenvalue weighted by Gasteiger charge is 2.14. The molecular formula is C18H19FN2O2. The summed E-state index contributed by atoms with van der Waals surface area (Å²) in [7, 11) is 3.33. The summed E-state index contributed by atoms with van der Waals surface area (Å²) in [6.07, 6.45) is -0.00171. The Balaban J connectivity index is 2.10. The molecule has 0 aliphatic carbocycles. The molecule has 0 aliphatic rings. The molecule has 0 atom stereocenters. The topological polar surface area (TPSA) is 40.6 Å². The lowest BCUT2D eigenvalue weighted by Crippen LogP contribution is -2.28. The van der Waals surface area contributed by atoms with Crippen molar-refractivity contribution < 1.29 is 14.0 Å². The van der Waals surface area contributed by atoms with Crippen LogP contribution >= 0.6 is 0 Å². The largest absolute Gasteiger partial charge is 0.316 e. The minimum absolute atomic E-state index is 0.00171. The first-order chi connectivity index (χ1) is 10.9. The summed E-state index contributed by atoms with van der Waals surface area (Å²) in [5.74, 6) is -0.655. The Hall–Kier alpha value is -2.69. The molecule has 0 spiro atoms. The van der Waals surface area contributed by atoms with Gasteiger partial charge < -0.3 is 9.80 Å². The molecule has 2 aromatic carbocycles. The van der Waals surface area contributed by atoms with Crippen LogP contribution in [0.3, 0.4) is 0 Å². The summed E-state index contributed by atoms with van der Waals surface area (Å²) in [4.78, 5) is 26.6. The van der Waals surface area contributed by atoms with Crippen LogP contribution in [0.2, 0.25) is 0 Å². The summed E-state index contributed by atoms with van der Waals surface area (Å²) in [5, 5.41) is 0. The average Bonchev–Trinajstić information content (AvgIpc) is 2.55. The lowest BCUT2D eigenvalue weighted by Gasteiger charge is -2.20. The van der Waals surface area contributed by atoms with Crippen LogP contribution < -0.4 is 9.80 Å². The van der Waals surface area contributed by atoms with E-state index in [4.69, 9.17) is 0 Å². The van der Waals surface area contributed by atoms with Gasteiger partial charge in [-0.15, -0.1) is 0 Å². The molecule has 0 radical (unpaired) electrons. The standard InChI is InChI=1S/C18H19FN2O2/c1-13(22)20(2)15-8-10-16(11-9-15)21(3)18(23)12-14-6-4-5-7-17(14)19/h4-11H,12H2,1-3H3. The zero-order valence-corrected chi connectivity index (χ0v) is 13.4. The number of anilines is 2. The van der Waals surface area contributed by atoms with Gasteiger partial charge in [0.05, 0.1) is 6.42 Å². The molecule has 0 aliphatic heterocycles. The predicted octanol–water partition coefficient (Wildman–Crippen LogP) is 3.01. The summed E-state index contributed by atoms with van der Waals surface area (Å²) in [6, 6.07) is 13.3. The molecule has 0 heterocycles. The van der Waals surface area contributed by atoms with Gasteiger partial charge in [-0.2, -0.15) is 0 Å². The van der Waals surface area contributed by atoms with Crippen LogP contribution in [-0.2, 0) is 16.0 Å². The van der Waals surface area contributed by atoms with Crippen LogP contribution in [0, 0.1) is 5.82 Å². The van der Waals surface area contributed by atoms with Gasteiger partial charge in [0.2, 0.25) is 11.8 Å². The summed E-state index contributed by atoms with van der Waals surface area (Å²) < 4.78 is 13.6. The van der Waals surface area contributed by atoms with Gasteiger partial charge in [0.1, 0.15) is 5.82 Å². The monoisotopic (exact) mass is 314 g/mol. The summed E-state index contributed by atoms with van der Waals surface area (Å²) >= 11 is 0. The third-order valence-corrected chi connectivity index (χ3v) is 3.77. The Bertz CT molecular complexity index is 713. The highest BCUT2D eigenvalue weighted by Crippen LogP contribution is 2.20. The van der Waals surface area contributed by atoms with E-state index in [1.807, 2.05) is 0 Å². The zero-order valence-electron chi connectivity index (χ0n) is 13.4. The van der Waals surface area contributed by atoms with E-state index in [-0.39, 0.29) is 24.1 Å². The molecule has 0 N–H and O–H groups in total. The Morgan fingerprint density at radius 2 is 1.43 bits per heavy atom. The number of hydrogen-bond donors (Lipinski definition) is 0. The van der Waals surface area contributed by atoms with Crippen LogP contribution in [0.25, 0.3) is 0 Å². The number of rotatable bonds is 4. The SMILES string of the molecule is CC(=O)N(C)c1ccc(N(C)C(=O)Cc2ccccc2F)cc1. The molecule has 0 saturated carbocycles. The number of hydrogen-bond acceptors (Lipinski definition) is 2. The molecule has 0 aromatic heterocycles. The average molecular weight is 314 g/mol. The van der Waals surface area contributed by atoms with E-state index in [0.717, 1.165) is 5.69 Å². The van der Waals surface area contributed by atoms with Crippen molar-refractivity contribution in [3.63, 3.8) is 0 Å². The van der Waals surface area contributed by atoms with Gasteiger partial charge in [0, 0.05) is 32.4 Å². The van der Waals surface area contributed by atoms with Gasteiger partial charge in [-0.25, -0.2) is 4.39 Å². The van der Waals surface area contributed by atoms with E-state index in [1.54, 1.807) is 56.6 Å². The summed E-state index contributed by atoms with van der Waals surface area (Å²) in [6.45, 7) is 1.48. The van der Waals surface area contributed by atoms with Gasteiger partial charge in [0.15, 0.2) is 0 Å². The van der Waals surface area contributed by atoms with E-state index in [1.165, 1.54) is 22.8 Å². The predicted molar refractivity (Wildman–Crippen MR) is 89.0 cm³/mol. The van der Waals surface area contributed by atoms with Gasteiger partial charge in [-0.1, -0.05) is 18.2 Å². The Morgan fingerprint density at radius 1 is 0.913 bits per heavy atom. The first-order valence-electron chi connectivity index (χ1n) is 7.24. The number of amides is 2. The number of nitrogens with zero attached hydrogens (tertiary/aromatic N) is 2. The third kappa shape index (κ3) is 3.94.